The van der Waals surface area contributed by atoms with Crippen LogP contribution in [0.3, 0.4) is 0 Å². The number of anilines is 1. The van der Waals surface area contributed by atoms with E-state index in [4.69, 9.17) is 5.73 Å². The number of benzene rings is 1. The fraction of sp³-hybridized carbons (Fsp3) is 0.182. The van der Waals surface area contributed by atoms with Gasteiger partial charge in [0.15, 0.2) is 0 Å². The first-order chi connectivity index (χ1) is 8.50. The average molecular weight is 358 g/mol. The number of nitro benzene ring substituents is 1. The van der Waals surface area contributed by atoms with Crippen LogP contribution in [-0.2, 0) is 0 Å². The third-order valence-corrected chi connectivity index (χ3v) is 3.55. The molecule has 2 aromatic rings. The second-order valence-corrected chi connectivity index (χ2v) is 5.01. The van der Waals surface area contributed by atoms with E-state index in [1.165, 1.54) is 6.07 Å². The Kier molecular flexibility index (Phi) is 3.50. The number of hydrogen-bond acceptors (Lipinski definition) is 4. The maximum absolute atomic E-state index is 10.7. The summed E-state index contributed by atoms with van der Waals surface area (Å²) in [6.45, 7) is 1.90. The molecule has 0 saturated carbocycles. The van der Waals surface area contributed by atoms with Crippen molar-refractivity contribution in [2.75, 3.05) is 5.73 Å². The molecule has 7 heteroatoms. The smallest absolute Gasteiger partial charge is 0.269 e. The molecule has 1 unspecified atom stereocenters. The third-order valence-electron chi connectivity index (χ3n) is 2.72. The minimum atomic E-state index is -0.410. The number of halogens is 1. The summed E-state index contributed by atoms with van der Waals surface area (Å²) in [7, 11) is 0. The van der Waals surface area contributed by atoms with Crippen LogP contribution >= 0.6 is 22.6 Å². The van der Waals surface area contributed by atoms with Gasteiger partial charge in [-0.05, 0) is 35.1 Å². The topological polar surface area (TPSA) is 87.0 Å². The van der Waals surface area contributed by atoms with Crippen molar-refractivity contribution in [2.45, 2.75) is 13.0 Å². The standard InChI is InChI=1S/C11H11IN4O2/c1-7(15-11(13)10(12)6-14-15)8-3-2-4-9(5-8)16(17)18/h2-7H,13H2,1H3. The highest BCUT2D eigenvalue weighted by Gasteiger charge is 2.16. The Hall–Kier alpha value is -1.64. The third kappa shape index (κ3) is 2.30. The van der Waals surface area contributed by atoms with Crippen LogP contribution in [0.4, 0.5) is 11.5 Å². The highest BCUT2D eigenvalue weighted by Crippen LogP contribution is 2.25. The van der Waals surface area contributed by atoms with Crippen LogP contribution in [0.5, 0.6) is 0 Å². The normalized spacial score (nSPS) is 12.3. The first kappa shape index (κ1) is 12.8. The van der Waals surface area contributed by atoms with Crippen LogP contribution in [0.25, 0.3) is 0 Å². The molecule has 2 N–H and O–H groups in total. The predicted molar refractivity (Wildman–Crippen MR) is 76.3 cm³/mol. The minimum absolute atomic E-state index is 0.0692. The van der Waals surface area contributed by atoms with Gasteiger partial charge in [0, 0.05) is 12.1 Å². The van der Waals surface area contributed by atoms with E-state index in [1.54, 1.807) is 23.0 Å². The summed E-state index contributed by atoms with van der Waals surface area (Å²) in [6, 6.07) is 6.35. The van der Waals surface area contributed by atoms with Gasteiger partial charge in [-0.1, -0.05) is 12.1 Å². The van der Waals surface area contributed by atoms with Crippen LogP contribution in [0.1, 0.15) is 18.5 Å². The zero-order valence-electron chi connectivity index (χ0n) is 9.58. The first-order valence-corrected chi connectivity index (χ1v) is 6.31. The zero-order valence-corrected chi connectivity index (χ0v) is 11.7. The minimum Gasteiger partial charge on any atom is -0.383 e. The molecule has 18 heavy (non-hydrogen) atoms. The van der Waals surface area contributed by atoms with Gasteiger partial charge in [0.25, 0.3) is 5.69 Å². The Bertz CT molecular complexity index is 596. The SMILES string of the molecule is CC(c1cccc([N+](=O)[O-])c1)n1ncc(I)c1N. The Balaban J connectivity index is 2.40. The van der Waals surface area contributed by atoms with Crippen molar-refractivity contribution in [3.8, 4) is 0 Å². The van der Waals surface area contributed by atoms with Crippen LogP contribution in [0.15, 0.2) is 30.5 Å². The lowest BCUT2D eigenvalue weighted by molar-refractivity contribution is -0.384. The van der Waals surface area contributed by atoms with Crippen LogP contribution < -0.4 is 5.73 Å². The molecule has 1 aromatic carbocycles. The van der Waals surface area contributed by atoms with E-state index in [0.29, 0.717) is 5.82 Å². The van der Waals surface area contributed by atoms with Gasteiger partial charge in [-0.3, -0.25) is 10.1 Å². The quantitative estimate of drug-likeness (QED) is 0.519. The number of non-ortho nitro benzene ring substituents is 1. The van der Waals surface area contributed by atoms with Crippen molar-refractivity contribution in [3.63, 3.8) is 0 Å². The van der Waals surface area contributed by atoms with E-state index in [2.05, 4.69) is 27.7 Å². The molecule has 6 nitrogen and oxygen atoms in total. The van der Waals surface area contributed by atoms with Gasteiger partial charge in [0.05, 0.1) is 20.7 Å². The number of aromatic nitrogens is 2. The Labute approximate surface area is 117 Å². The van der Waals surface area contributed by atoms with Gasteiger partial charge in [0.2, 0.25) is 0 Å². The van der Waals surface area contributed by atoms with Crippen molar-refractivity contribution in [1.29, 1.82) is 0 Å². The fourth-order valence-corrected chi connectivity index (χ4v) is 2.07. The number of hydrogen-bond donors (Lipinski definition) is 1. The largest absolute Gasteiger partial charge is 0.383 e. The lowest BCUT2D eigenvalue weighted by Gasteiger charge is -2.14. The monoisotopic (exact) mass is 358 g/mol. The van der Waals surface area contributed by atoms with Gasteiger partial charge in [-0.2, -0.15) is 5.10 Å². The van der Waals surface area contributed by atoms with Crippen LogP contribution in [0.2, 0.25) is 0 Å². The number of nitrogen functional groups attached to an aromatic ring is 1. The number of nitro groups is 1. The van der Waals surface area contributed by atoms with Gasteiger partial charge in [-0.25, -0.2) is 4.68 Å². The average Bonchev–Trinajstić information content (AvgIpc) is 2.69. The molecule has 2 rings (SSSR count). The summed E-state index contributed by atoms with van der Waals surface area (Å²) in [5.41, 5.74) is 6.77. The molecule has 0 amide bonds. The van der Waals surface area contributed by atoms with E-state index in [1.807, 2.05) is 13.0 Å². The summed E-state index contributed by atoms with van der Waals surface area (Å²) in [5, 5.41) is 14.9. The second kappa shape index (κ2) is 4.92. The van der Waals surface area contributed by atoms with Gasteiger partial charge < -0.3 is 5.73 Å². The van der Waals surface area contributed by atoms with Crippen LogP contribution in [0, 0.1) is 13.7 Å². The molecule has 0 spiro atoms. The molecule has 1 atom stereocenters. The summed E-state index contributed by atoms with van der Waals surface area (Å²) >= 11 is 2.10. The number of nitrogens with two attached hydrogens (primary N) is 1. The molecule has 0 aliphatic rings. The Morgan fingerprint density at radius 1 is 1.56 bits per heavy atom. The van der Waals surface area contributed by atoms with Gasteiger partial charge >= 0.3 is 0 Å². The fourth-order valence-electron chi connectivity index (χ4n) is 1.70. The number of rotatable bonds is 3. The molecule has 0 saturated heterocycles. The Morgan fingerprint density at radius 2 is 2.28 bits per heavy atom. The van der Waals surface area contributed by atoms with Crippen molar-refractivity contribution in [3.05, 3.63) is 49.7 Å². The summed E-state index contributed by atoms with van der Waals surface area (Å²) in [5.74, 6) is 0.564. The van der Waals surface area contributed by atoms with Crippen molar-refractivity contribution in [1.82, 2.24) is 9.78 Å². The van der Waals surface area contributed by atoms with E-state index in [0.717, 1.165) is 9.13 Å². The van der Waals surface area contributed by atoms with E-state index in [9.17, 15) is 10.1 Å². The zero-order chi connectivity index (χ0) is 13.3. The van der Waals surface area contributed by atoms with E-state index in [-0.39, 0.29) is 11.7 Å². The molecule has 0 fully saturated rings. The van der Waals surface area contributed by atoms with Crippen molar-refractivity contribution >= 4 is 34.1 Å². The van der Waals surface area contributed by atoms with E-state index >= 15 is 0 Å². The van der Waals surface area contributed by atoms with Gasteiger partial charge in [0.1, 0.15) is 5.82 Å². The molecule has 94 valence electrons. The predicted octanol–water partition coefficient (Wildman–Crippen LogP) is 2.59. The molecule has 1 aromatic heterocycles. The van der Waals surface area contributed by atoms with Gasteiger partial charge in [-0.15, -0.1) is 0 Å². The lowest BCUT2D eigenvalue weighted by atomic mass is 10.1. The molecular weight excluding hydrogens is 347 g/mol. The van der Waals surface area contributed by atoms with Crippen LogP contribution in [-0.4, -0.2) is 14.7 Å². The molecular formula is C11H11IN4O2. The molecule has 0 bridgehead atoms. The summed E-state index contributed by atoms with van der Waals surface area (Å²) < 4.78 is 2.52. The summed E-state index contributed by atoms with van der Waals surface area (Å²) in [4.78, 5) is 10.3. The molecule has 1 heterocycles. The maximum Gasteiger partial charge on any atom is 0.269 e. The first-order valence-electron chi connectivity index (χ1n) is 5.23. The molecule has 0 aliphatic carbocycles. The molecule has 0 radical (unpaired) electrons. The molecule has 0 aliphatic heterocycles. The Morgan fingerprint density at radius 3 is 2.83 bits per heavy atom. The van der Waals surface area contributed by atoms with Crippen molar-refractivity contribution < 1.29 is 4.92 Å². The number of nitrogens with zero attached hydrogens (tertiary/aromatic N) is 3. The summed E-state index contributed by atoms with van der Waals surface area (Å²) in [6.07, 6.45) is 1.67. The lowest BCUT2D eigenvalue weighted by Crippen LogP contribution is -2.11. The maximum atomic E-state index is 10.7. The highest BCUT2D eigenvalue weighted by molar-refractivity contribution is 14.1. The highest BCUT2D eigenvalue weighted by atomic mass is 127. The van der Waals surface area contributed by atoms with Crippen molar-refractivity contribution in [2.24, 2.45) is 0 Å². The second-order valence-electron chi connectivity index (χ2n) is 3.85. The van der Waals surface area contributed by atoms with E-state index < -0.39 is 4.92 Å².